The monoisotopic (exact) mass is 467 g/mol. The van der Waals surface area contributed by atoms with Crippen LogP contribution in [0.1, 0.15) is 65.3 Å². The van der Waals surface area contributed by atoms with Crippen LogP contribution < -0.4 is 0 Å². The van der Waals surface area contributed by atoms with Gasteiger partial charge in [-0.3, -0.25) is 4.79 Å². The van der Waals surface area contributed by atoms with Gasteiger partial charge in [0.1, 0.15) is 5.25 Å². The molecule has 1 heterocycles. The first-order valence-corrected chi connectivity index (χ1v) is 13.4. The molecule has 9 heteroatoms. The van der Waals surface area contributed by atoms with Crippen molar-refractivity contribution < 1.29 is 17.9 Å². The second-order valence-corrected chi connectivity index (χ2v) is 11.4. The van der Waals surface area contributed by atoms with E-state index in [0.717, 1.165) is 49.2 Å². The maximum Gasteiger partial charge on any atom is 0.319 e. The number of aromatic nitrogens is 2. The largest absolute Gasteiger partial charge is 0.465 e. The molecular formula is C22H33N3O4S2. The van der Waals surface area contributed by atoms with Gasteiger partial charge in [-0.2, -0.15) is 0 Å². The van der Waals surface area contributed by atoms with Crippen molar-refractivity contribution in [2.24, 2.45) is 0 Å². The van der Waals surface area contributed by atoms with Gasteiger partial charge < -0.3 is 9.30 Å². The maximum atomic E-state index is 13.0. The molecule has 0 spiro atoms. The minimum Gasteiger partial charge on any atom is -0.465 e. The van der Waals surface area contributed by atoms with Crippen LogP contribution in [0.4, 0.5) is 0 Å². The highest BCUT2D eigenvalue weighted by Crippen LogP contribution is 2.38. The molecule has 0 saturated heterocycles. The minimum absolute atomic E-state index is 0.254. The van der Waals surface area contributed by atoms with Gasteiger partial charge in [0.05, 0.1) is 22.5 Å². The molecule has 31 heavy (non-hydrogen) atoms. The van der Waals surface area contributed by atoms with E-state index in [0.29, 0.717) is 24.7 Å². The molecule has 0 amide bonds. The lowest BCUT2D eigenvalue weighted by Crippen LogP contribution is -2.27. The molecular weight excluding hydrogens is 434 g/mol. The Morgan fingerprint density at radius 1 is 1.32 bits per heavy atom. The number of carbonyl (C=O) groups is 1. The number of ether oxygens (including phenoxy) is 1. The number of unbranched alkanes of at least 4 members (excludes halogenated alkanes) is 1. The molecule has 0 unspecified atom stereocenters. The Morgan fingerprint density at radius 3 is 2.68 bits per heavy atom. The van der Waals surface area contributed by atoms with E-state index in [1.165, 1.54) is 16.1 Å². The molecule has 2 aromatic rings. The molecule has 1 aliphatic rings. The van der Waals surface area contributed by atoms with E-state index >= 15 is 0 Å². The molecule has 0 bridgehead atoms. The van der Waals surface area contributed by atoms with Gasteiger partial charge in [-0.05, 0) is 51.3 Å². The lowest BCUT2D eigenvalue weighted by molar-refractivity contribution is -0.142. The number of sulfonamides is 1. The van der Waals surface area contributed by atoms with Gasteiger partial charge >= 0.3 is 5.97 Å². The van der Waals surface area contributed by atoms with Crippen LogP contribution in [0.15, 0.2) is 28.3 Å². The van der Waals surface area contributed by atoms with Crippen LogP contribution in [0.25, 0.3) is 11.0 Å². The second-order valence-electron chi connectivity index (χ2n) is 8.05. The van der Waals surface area contributed by atoms with Crippen LogP contribution in [0, 0.1) is 0 Å². The van der Waals surface area contributed by atoms with Gasteiger partial charge in [0, 0.05) is 19.6 Å². The van der Waals surface area contributed by atoms with Crippen molar-refractivity contribution in [2.45, 2.75) is 80.6 Å². The van der Waals surface area contributed by atoms with Gasteiger partial charge in [0.25, 0.3) is 0 Å². The predicted octanol–water partition coefficient (Wildman–Crippen LogP) is 4.62. The summed E-state index contributed by atoms with van der Waals surface area (Å²) in [7, 11) is -1.95. The van der Waals surface area contributed by atoms with Crippen molar-refractivity contribution in [3.8, 4) is 0 Å². The van der Waals surface area contributed by atoms with Crippen molar-refractivity contribution in [1.82, 2.24) is 13.9 Å². The Hall–Kier alpha value is -1.58. The third kappa shape index (κ3) is 5.26. The summed E-state index contributed by atoms with van der Waals surface area (Å²) in [6.07, 6.45) is 6.21. The predicted molar refractivity (Wildman–Crippen MR) is 124 cm³/mol. The van der Waals surface area contributed by atoms with Crippen LogP contribution in [0.2, 0.25) is 0 Å². The summed E-state index contributed by atoms with van der Waals surface area (Å²) in [5.74, 6) is -0.265. The van der Waals surface area contributed by atoms with Gasteiger partial charge in [-0.25, -0.2) is 17.7 Å². The molecule has 0 radical (unpaired) electrons. The summed E-state index contributed by atoms with van der Waals surface area (Å²) in [5, 5.41) is 0.358. The average Bonchev–Trinajstić information content (AvgIpc) is 3.38. The average molecular weight is 468 g/mol. The summed E-state index contributed by atoms with van der Waals surface area (Å²) in [6.45, 7) is 6.49. The van der Waals surface area contributed by atoms with E-state index in [-0.39, 0.29) is 16.1 Å². The highest BCUT2D eigenvalue weighted by Gasteiger charge is 2.27. The van der Waals surface area contributed by atoms with Crippen molar-refractivity contribution in [2.75, 3.05) is 20.2 Å². The molecule has 1 fully saturated rings. The number of nitrogens with zero attached hydrogens (tertiary/aromatic N) is 3. The van der Waals surface area contributed by atoms with Gasteiger partial charge in [0.15, 0.2) is 5.16 Å². The van der Waals surface area contributed by atoms with Crippen LogP contribution in [0.5, 0.6) is 0 Å². The number of rotatable bonds is 10. The first-order chi connectivity index (χ1) is 14.8. The first-order valence-electron chi connectivity index (χ1n) is 11.1. The second kappa shape index (κ2) is 10.4. The fourth-order valence-electron chi connectivity index (χ4n) is 3.96. The van der Waals surface area contributed by atoms with E-state index in [4.69, 9.17) is 9.72 Å². The molecule has 7 nitrogen and oxygen atoms in total. The highest BCUT2D eigenvalue weighted by molar-refractivity contribution is 8.00. The van der Waals surface area contributed by atoms with Crippen LogP contribution in [0.3, 0.4) is 0 Å². The molecule has 0 N–H and O–H groups in total. The van der Waals surface area contributed by atoms with Gasteiger partial charge in [0.2, 0.25) is 10.0 Å². The number of thioether (sulfide) groups is 1. The third-order valence-electron chi connectivity index (χ3n) is 5.75. The summed E-state index contributed by atoms with van der Waals surface area (Å²) in [5.41, 5.74) is 1.57. The summed E-state index contributed by atoms with van der Waals surface area (Å²) in [6, 6.07) is 5.52. The molecule has 1 aromatic carbocycles. The Morgan fingerprint density at radius 2 is 2.03 bits per heavy atom. The molecule has 1 saturated carbocycles. The normalized spacial score (nSPS) is 16.3. The number of imidazole rings is 1. The SMILES string of the molecule is CCCCN(C)S(=O)(=O)c1ccc2c(c1)nc(S[C@H](C)C(=O)OCC)n2C1CCCC1. The van der Waals surface area contributed by atoms with E-state index < -0.39 is 10.0 Å². The first kappa shape index (κ1) is 24.1. The molecule has 172 valence electrons. The molecule has 1 atom stereocenters. The van der Waals surface area contributed by atoms with Crippen LogP contribution in [-0.4, -0.2) is 53.7 Å². The lowest BCUT2D eigenvalue weighted by atomic mass is 10.2. The quantitative estimate of drug-likeness (QED) is 0.375. The minimum atomic E-state index is -3.57. The molecule has 1 aliphatic carbocycles. The molecule has 3 rings (SSSR count). The Labute approximate surface area is 189 Å². The number of esters is 1. The zero-order chi connectivity index (χ0) is 22.6. The Balaban J connectivity index is 1.99. The van der Waals surface area contributed by atoms with Crippen LogP contribution in [-0.2, 0) is 19.6 Å². The fourth-order valence-corrected chi connectivity index (χ4v) is 6.18. The standard InChI is InChI=1S/C22H33N3O4S2/c1-5-7-14-24(4)31(27,28)18-12-13-20-19(15-18)23-22(25(20)17-10-8-9-11-17)30-16(3)21(26)29-6-2/h12-13,15-17H,5-11,14H2,1-4H3/t16-/m1/s1. The zero-order valence-electron chi connectivity index (χ0n) is 18.8. The van der Waals surface area contributed by atoms with Crippen molar-refractivity contribution >= 4 is 38.8 Å². The lowest BCUT2D eigenvalue weighted by Gasteiger charge is -2.18. The van der Waals surface area contributed by atoms with Crippen molar-refractivity contribution in [1.29, 1.82) is 0 Å². The van der Waals surface area contributed by atoms with Crippen molar-refractivity contribution in [3.63, 3.8) is 0 Å². The maximum absolute atomic E-state index is 13.0. The summed E-state index contributed by atoms with van der Waals surface area (Å²) >= 11 is 1.38. The summed E-state index contributed by atoms with van der Waals surface area (Å²) < 4.78 is 34.7. The zero-order valence-corrected chi connectivity index (χ0v) is 20.5. The fraction of sp³-hybridized carbons (Fsp3) is 0.636. The highest BCUT2D eigenvalue weighted by atomic mass is 32.2. The number of hydrogen-bond donors (Lipinski definition) is 0. The molecule has 1 aromatic heterocycles. The van der Waals surface area contributed by atoms with Gasteiger partial charge in [-0.15, -0.1) is 0 Å². The smallest absolute Gasteiger partial charge is 0.319 e. The number of fused-ring (bicyclic) bond motifs is 1. The van der Waals surface area contributed by atoms with Crippen molar-refractivity contribution in [3.05, 3.63) is 18.2 Å². The third-order valence-corrected chi connectivity index (χ3v) is 8.65. The number of carbonyl (C=O) groups excluding carboxylic acids is 1. The van der Waals surface area contributed by atoms with E-state index in [1.807, 2.05) is 19.9 Å². The summed E-state index contributed by atoms with van der Waals surface area (Å²) in [4.78, 5) is 17.2. The number of hydrogen-bond acceptors (Lipinski definition) is 6. The Bertz CT molecular complexity index is 1010. The van der Waals surface area contributed by atoms with E-state index in [2.05, 4.69) is 4.57 Å². The Kier molecular flexibility index (Phi) is 8.04. The van der Waals surface area contributed by atoms with E-state index in [1.54, 1.807) is 26.1 Å². The van der Waals surface area contributed by atoms with E-state index in [9.17, 15) is 13.2 Å². The molecule has 0 aliphatic heterocycles. The van der Waals surface area contributed by atoms with Crippen LogP contribution >= 0.6 is 11.8 Å². The van der Waals surface area contributed by atoms with Gasteiger partial charge in [-0.1, -0.05) is 37.9 Å². The number of benzene rings is 1. The topological polar surface area (TPSA) is 81.5 Å².